The van der Waals surface area contributed by atoms with Crippen molar-refractivity contribution in [1.82, 2.24) is 15.5 Å². The Morgan fingerprint density at radius 1 is 1.15 bits per heavy atom. The number of guanidine groups is 1. The van der Waals surface area contributed by atoms with Gasteiger partial charge in [0.15, 0.2) is 5.96 Å². The van der Waals surface area contributed by atoms with E-state index in [1.165, 1.54) is 12.8 Å². The number of fused-ring (bicyclic) bond motifs is 2. The van der Waals surface area contributed by atoms with Crippen molar-refractivity contribution in [3.63, 3.8) is 0 Å². The average molecular weight is 571 g/mol. The molecule has 39 heavy (non-hydrogen) atoms. The van der Waals surface area contributed by atoms with Crippen molar-refractivity contribution in [1.29, 1.82) is 0 Å². The molecule has 1 aliphatic heterocycles. The van der Waals surface area contributed by atoms with Gasteiger partial charge in [-0.2, -0.15) is 0 Å². The molecule has 6 nitrogen and oxygen atoms in total. The highest BCUT2D eigenvalue weighted by molar-refractivity contribution is 6.35. The van der Waals surface area contributed by atoms with Crippen molar-refractivity contribution in [2.45, 2.75) is 65.5 Å². The molecule has 2 aromatic rings. The number of anilines is 1. The molecule has 2 aliphatic carbocycles. The number of nitrogens with zero attached hydrogens (tertiary/aromatic N) is 2. The lowest BCUT2D eigenvalue weighted by Gasteiger charge is -2.39. The summed E-state index contributed by atoms with van der Waals surface area (Å²) in [5, 5.41) is 11.4. The molecule has 0 spiro atoms. The molecule has 8 heteroatoms. The summed E-state index contributed by atoms with van der Waals surface area (Å²) in [6, 6.07) is 13.8. The molecule has 3 unspecified atom stereocenters. The van der Waals surface area contributed by atoms with Crippen LogP contribution in [0.3, 0.4) is 0 Å². The van der Waals surface area contributed by atoms with Crippen LogP contribution in [0.2, 0.25) is 10.0 Å². The van der Waals surface area contributed by atoms with Gasteiger partial charge in [-0.3, -0.25) is 4.79 Å². The van der Waals surface area contributed by atoms with Crippen LogP contribution in [-0.4, -0.2) is 55.0 Å². The Morgan fingerprint density at radius 2 is 1.92 bits per heavy atom. The number of benzene rings is 2. The van der Waals surface area contributed by atoms with Crippen molar-refractivity contribution < 1.29 is 4.79 Å². The molecule has 3 N–H and O–H groups in total. The molecule has 0 radical (unpaired) electrons. The molecule has 0 aromatic heterocycles. The first-order valence-electron chi connectivity index (χ1n) is 14.2. The molecule has 1 amide bonds. The molecule has 1 heterocycles. The lowest BCUT2D eigenvalue weighted by Crippen LogP contribution is -2.53. The van der Waals surface area contributed by atoms with E-state index >= 15 is 0 Å². The van der Waals surface area contributed by atoms with Crippen LogP contribution in [0.4, 0.5) is 5.69 Å². The van der Waals surface area contributed by atoms with Crippen LogP contribution in [-0.2, 0) is 6.42 Å². The Hall–Kier alpha value is -2.28. The van der Waals surface area contributed by atoms with Gasteiger partial charge >= 0.3 is 0 Å². The third kappa shape index (κ3) is 5.79. The Bertz CT molecular complexity index is 1230. The number of nitrogens with one attached hydrogen (secondary N) is 3. The third-order valence-electron chi connectivity index (χ3n) is 9.79. The van der Waals surface area contributed by atoms with Gasteiger partial charge in [-0.05, 0) is 91.3 Å². The molecule has 1 saturated heterocycles. The van der Waals surface area contributed by atoms with Gasteiger partial charge < -0.3 is 20.9 Å². The molecule has 3 aliphatic rings. The number of hydrogen-bond acceptors (Lipinski definition) is 3. The molecular formula is C31H41Cl2N5O. The second kappa shape index (κ2) is 11.3. The van der Waals surface area contributed by atoms with E-state index in [9.17, 15) is 4.79 Å². The number of amides is 1. The third-order valence-corrected chi connectivity index (χ3v) is 10.4. The van der Waals surface area contributed by atoms with Crippen LogP contribution in [0, 0.1) is 16.7 Å². The minimum absolute atomic E-state index is 0.103. The van der Waals surface area contributed by atoms with Crippen molar-refractivity contribution in [3.05, 3.63) is 63.6 Å². The van der Waals surface area contributed by atoms with Gasteiger partial charge in [0.05, 0.1) is 6.04 Å². The predicted molar refractivity (Wildman–Crippen MR) is 162 cm³/mol. The minimum Gasteiger partial charge on any atom is -0.352 e. The van der Waals surface area contributed by atoms with Gasteiger partial charge in [0.1, 0.15) is 0 Å². The maximum absolute atomic E-state index is 12.8. The highest BCUT2D eigenvalue weighted by atomic mass is 35.5. The van der Waals surface area contributed by atoms with E-state index in [0.29, 0.717) is 46.1 Å². The second-order valence-electron chi connectivity index (χ2n) is 12.3. The summed E-state index contributed by atoms with van der Waals surface area (Å²) in [7, 11) is 0. The summed E-state index contributed by atoms with van der Waals surface area (Å²) in [6.07, 6.45) is 4.37. The number of rotatable bonds is 6. The standard InChI is InChI=1S/C31H41Cl2N5O/c1-20-19-38(16-15-34-20)29(37-27-17-23-11-13-31(27,4)30(23,2)3)36-25-9-6-22(7-10-25)28(39)35-14-12-21-5-8-24(32)18-26(21)33/h5-10,18,20,23,27,34H,11-17,19H2,1-4H3,(H,35,39)(H,36,37)/t20-,23?,27?,31?/m0/s1. The van der Waals surface area contributed by atoms with Gasteiger partial charge in [-0.25, -0.2) is 4.99 Å². The van der Waals surface area contributed by atoms with Crippen molar-refractivity contribution in [3.8, 4) is 0 Å². The number of piperazine rings is 1. The van der Waals surface area contributed by atoms with Crippen LogP contribution in [0.5, 0.6) is 0 Å². The van der Waals surface area contributed by atoms with Crippen LogP contribution >= 0.6 is 23.2 Å². The van der Waals surface area contributed by atoms with E-state index in [1.807, 2.05) is 36.4 Å². The zero-order valence-corrected chi connectivity index (χ0v) is 25.0. The van der Waals surface area contributed by atoms with Crippen LogP contribution in [0.15, 0.2) is 47.5 Å². The number of carbonyl (C=O) groups is 1. The normalized spacial score (nSPS) is 28.0. The lowest BCUT2D eigenvalue weighted by molar-refractivity contribution is 0.0954. The molecule has 2 aromatic carbocycles. The van der Waals surface area contributed by atoms with E-state index in [4.69, 9.17) is 28.2 Å². The Labute approximate surface area is 242 Å². The van der Waals surface area contributed by atoms with Gasteiger partial charge in [0.25, 0.3) is 5.91 Å². The lowest BCUT2D eigenvalue weighted by atomic mass is 9.69. The largest absolute Gasteiger partial charge is 0.352 e. The van der Waals surface area contributed by atoms with Crippen molar-refractivity contribution in [2.24, 2.45) is 21.7 Å². The fourth-order valence-electron chi connectivity index (χ4n) is 6.79. The van der Waals surface area contributed by atoms with Gasteiger partial charge in [-0.1, -0.05) is 50.0 Å². The van der Waals surface area contributed by atoms with Gasteiger partial charge in [0.2, 0.25) is 0 Å². The van der Waals surface area contributed by atoms with E-state index in [2.05, 4.69) is 48.5 Å². The Morgan fingerprint density at radius 3 is 2.56 bits per heavy atom. The quantitative estimate of drug-likeness (QED) is 0.284. The molecule has 4 atom stereocenters. The Kier molecular flexibility index (Phi) is 8.19. The average Bonchev–Trinajstić information content (AvgIpc) is 3.23. The van der Waals surface area contributed by atoms with Gasteiger partial charge in [0, 0.05) is 53.5 Å². The maximum atomic E-state index is 12.8. The smallest absolute Gasteiger partial charge is 0.251 e. The number of halogens is 2. The summed E-state index contributed by atoms with van der Waals surface area (Å²) >= 11 is 12.2. The van der Waals surface area contributed by atoms with Crippen molar-refractivity contribution in [2.75, 3.05) is 31.5 Å². The SMILES string of the molecule is C[C@H]1CN(/C(=N/C2CC3CCC2(C)C3(C)C)Nc2ccc(C(=O)NCCc3ccc(Cl)cc3Cl)cc2)CCN1. The molecule has 2 bridgehead atoms. The topological polar surface area (TPSA) is 68.8 Å². The summed E-state index contributed by atoms with van der Waals surface area (Å²) in [5.74, 6) is 1.59. The number of carbonyl (C=O) groups excluding carboxylic acids is 1. The molecule has 3 fully saturated rings. The number of hydrogen-bond donors (Lipinski definition) is 3. The zero-order chi connectivity index (χ0) is 27.8. The second-order valence-corrected chi connectivity index (χ2v) is 13.2. The highest BCUT2D eigenvalue weighted by Crippen LogP contribution is 2.66. The molecule has 5 rings (SSSR count). The van der Waals surface area contributed by atoms with E-state index in [0.717, 1.165) is 49.2 Å². The van der Waals surface area contributed by atoms with Crippen molar-refractivity contribution >= 4 is 40.8 Å². The van der Waals surface area contributed by atoms with Crippen LogP contribution < -0.4 is 16.0 Å². The fourth-order valence-corrected chi connectivity index (χ4v) is 7.30. The van der Waals surface area contributed by atoms with E-state index < -0.39 is 0 Å². The van der Waals surface area contributed by atoms with E-state index in [-0.39, 0.29) is 11.3 Å². The maximum Gasteiger partial charge on any atom is 0.251 e. The Balaban J connectivity index is 1.26. The minimum atomic E-state index is -0.103. The van der Waals surface area contributed by atoms with Gasteiger partial charge in [-0.15, -0.1) is 0 Å². The predicted octanol–water partition coefficient (Wildman–Crippen LogP) is 6.24. The summed E-state index contributed by atoms with van der Waals surface area (Å²) in [4.78, 5) is 20.6. The monoisotopic (exact) mass is 569 g/mol. The fraction of sp³-hybridized carbons (Fsp3) is 0.548. The van der Waals surface area contributed by atoms with Crippen LogP contribution in [0.1, 0.15) is 62.9 Å². The molecule has 2 saturated carbocycles. The summed E-state index contributed by atoms with van der Waals surface area (Å²) in [6.45, 7) is 12.8. The summed E-state index contributed by atoms with van der Waals surface area (Å²) < 4.78 is 0. The van der Waals surface area contributed by atoms with Crippen LogP contribution in [0.25, 0.3) is 0 Å². The zero-order valence-electron chi connectivity index (χ0n) is 23.5. The first-order chi connectivity index (χ1) is 18.6. The van der Waals surface area contributed by atoms with E-state index in [1.54, 1.807) is 6.07 Å². The highest BCUT2D eigenvalue weighted by Gasteiger charge is 2.61. The molecule has 210 valence electrons. The number of aliphatic imine (C=N–C) groups is 1. The molecular weight excluding hydrogens is 529 g/mol. The summed E-state index contributed by atoms with van der Waals surface area (Å²) in [5.41, 5.74) is 3.07. The first kappa shape index (κ1) is 28.3. The first-order valence-corrected chi connectivity index (χ1v) is 15.0.